The van der Waals surface area contributed by atoms with E-state index in [-0.39, 0.29) is 11.9 Å². The van der Waals surface area contributed by atoms with Crippen LogP contribution < -0.4 is 5.32 Å². The number of piperidine rings is 1. The molecule has 2 unspecified atom stereocenters. The molecular weight excluding hydrogens is 419 g/mol. The van der Waals surface area contributed by atoms with Crippen LogP contribution in [0.25, 0.3) is 0 Å². The Morgan fingerprint density at radius 3 is 2.95 bits per heavy atom. The Kier molecular flexibility index (Phi) is 5.25. The van der Waals surface area contributed by atoms with Gasteiger partial charge in [0.1, 0.15) is 0 Å². The summed E-state index contributed by atoms with van der Waals surface area (Å²) in [6.07, 6.45) is 1.02. The molecule has 1 N–H and O–H groups in total. The van der Waals surface area contributed by atoms with Crippen LogP contribution in [0.1, 0.15) is 23.7 Å². The van der Waals surface area contributed by atoms with Gasteiger partial charge >= 0.3 is 0 Å². The summed E-state index contributed by atoms with van der Waals surface area (Å²) < 4.78 is 1.92. The number of likely N-dealkylation sites (tertiary alicyclic amines) is 1. The molecular formula is C14H18BrIN2O. The molecule has 1 fully saturated rings. The van der Waals surface area contributed by atoms with Crippen molar-refractivity contribution in [1.29, 1.82) is 0 Å². The predicted octanol–water partition coefficient (Wildman–Crippen LogP) is 3.12. The maximum Gasteiger partial charge on any atom is 0.252 e. The van der Waals surface area contributed by atoms with E-state index in [1.54, 1.807) is 0 Å². The minimum absolute atomic E-state index is 0.0202. The summed E-state index contributed by atoms with van der Waals surface area (Å²) in [6, 6.07) is 6.10. The molecule has 1 aromatic rings. The molecule has 0 radical (unpaired) electrons. The van der Waals surface area contributed by atoms with Gasteiger partial charge in [-0.3, -0.25) is 4.79 Å². The molecule has 104 valence electrons. The van der Waals surface area contributed by atoms with Gasteiger partial charge in [-0.1, -0.05) is 6.92 Å². The van der Waals surface area contributed by atoms with Crippen LogP contribution in [0.5, 0.6) is 0 Å². The molecule has 1 saturated heterocycles. The Bertz CT molecular complexity index is 481. The number of hydrogen-bond acceptors (Lipinski definition) is 2. The SMILES string of the molecule is CC1CN(C)CCC1NC(=O)c1cc(I)ccc1Br. The third-order valence-electron chi connectivity index (χ3n) is 3.60. The van der Waals surface area contributed by atoms with Crippen molar-refractivity contribution in [2.75, 3.05) is 20.1 Å². The summed E-state index contributed by atoms with van der Waals surface area (Å²) in [4.78, 5) is 14.7. The van der Waals surface area contributed by atoms with E-state index >= 15 is 0 Å². The Morgan fingerprint density at radius 2 is 2.26 bits per heavy atom. The Labute approximate surface area is 136 Å². The minimum atomic E-state index is 0.0202. The molecule has 5 heteroatoms. The molecule has 1 heterocycles. The Balaban J connectivity index is 2.06. The molecule has 2 atom stereocenters. The first kappa shape index (κ1) is 15.3. The summed E-state index contributed by atoms with van der Waals surface area (Å²) in [6.45, 7) is 4.28. The average Bonchev–Trinajstić information content (AvgIpc) is 2.35. The number of hydrogen-bond donors (Lipinski definition) is 1. The minimum Gasteiger partial charge on any atom is -0.349 e. The van der Waals surface area contributed by atoms with E-state index in [0.29, 0.717) is 5.92 Å². The maximum absolute atomic E-state index is 12.4. The zero-order chi connectivity index (χ0) is 14.0. The first-order chi connectivity index (χ1) is 8.97. The number of amides is 1. The highest BCUT2D eigenvalue weighted by molar-refractivity contribution is 14.1. The van der Waals surface area contributed by atoms with Crippen LogP contribution in [-0.2, 0) is 0 Å². The van der Waals surface area contributed by atoms with Crippen molar-refractivity contribution in [2.24, 2.45) is 5.92 Å². The normalized spacial score (nSPS) is 24.2. The van der Waals surface area contributed by atoms with E-state index < -0.39 is 0 Å². The van der Waals surface area contributed by atoms with Gasteiger partial charge in [-0.15, -0.1) is 0 Å². The average molecular weight is 437 g/mol. The number of carbonyl (C=O) groups excluding carboxylic acids is 1. The first-order valence-corrected chi connectivity index (χ1v) is 8.29. The third-order valence-corrected chi connectivity index (χ3v) is 4.96. The highest BCUT2D eigenvalue weighted by Crippen LogP contribution is 2.21. The van der Waals surface area contributed by atoms with Gasteiger partial charge in [0.05, 0.1) is 5.56 Å². The van der Waals surface area contributed by atoms with Gasteiger partial charge < -0.3 is 10.2 Å². The van der Waals surface area contributed by atoms with Crippen LogP contribution >= 0.6 is 38.5 Å². The molecule has 1 amide bonds. The number of nitrogens with zero attached hydrogens (tertiary/aromatic N) is 1. The Morgan fingerprint density at radius 1 is 1.53 bits per heavy atom. The molecule has 19 heavy (non-hydrogen) atoms. The van der Waals surface area contributed by atoms with Gasteiger partial charge in [-0.05, 0) is 82.7 Å². The fraction of sp³-hybridized carbons (Fsp3) is 0.500. The van der Waals surface area contributed by atoms with Crippen molar-refractivity contribution >= 4 is 44.4 Å². The molecule has 1 aliphatic heterocycles. The topological polar surface area (TPSA) is 32.3 Å². The highest BCUT2D eigenvalue weighted by Gasteiger charge is 2.26. The van der Waals surface area contributed by atoms with Crippen molar-refractivity contribution in [3.05, 3.63) is 31.8 Å². The van der Waals surface area contributed by atoms with E-state index in [1.807, 2.05) is 18.2 Å². The lowest BCUT2D eigenvalue weighted by molar-refractivity contribution is 0.0883. The largest absolute Gasteiger partial charge is 0.349 e. The standard InChI is InChI=1S/C14H18BrIN2O/c1-9-8-18(2)6-5-13(9)17-14(19)11-7-10(16)3-4-12(11)15/h3-4,7,9,13H,5-6,8H2,1-2H3,(H,17,19). The molecule has 0 saturated carbocycles. The maximum atomic E-state index is 12.4. The summed E-state index contributed by atoms with van der Waals surface area (Å²) in [5, 5.41) is 3.17. The van der Waals surface area contributed by atoms with Gasteiger partial charge in [-0.2, -0.15) is 0 Å². The van der Waals surface area contributed by atoms with Gasteiger partial charge in [0.2, 0.25) is 0 Å². The zero-order valence-electron chi connectivity index (χ0n) is 11.1. The van der Waals surface area contributed by atoms with Crippen LogP contribution in [0.4, 0.5) is 0 Å². The van der Waals surface area contributed by atoms with E-state index in [2.05, 4.69) is 62.7 Å². The fourth-order valence-corrected chi connectivity index (χ4v) is 3.40. The quantitative estimate of drug-likeness (QED) is 0.722. The van der Waals surface area contributed by atoms with Crippen LogP contribution in [0, 0.1) is 9.49 Å². The summed E-state index contributed by atoms with van der Waals surface area (Å²) in [7, 11) is 2.13. The van der Waals surface area contributed by atoms with Gasteiger partial charge in [-0.25, -0.2) is 0 Å². The second-order valence-electron chi connectivity index (χ2n) is 5.23. The van der Waals surface area contributed by atoms with Gasteiger partial charge in [0.25, 0.3) is 5.91 Å². The third kappa shape index (κ3) is 3.92. The van der Waals surface area contributed by atoms with E-state index in [1.165, 1.54) is 0 Å². The lowest BCUT2D eigenvalue weighted by atomic mass is 9.94. The first-order valence-electron chi connectivity index (χ1n) is 6.42. The van der Waals surface area contributed by atoms with Crippen molar-refractivity contribution in [2.45, 2.75) is 19.4 Å². The Hall–Kier alpha value is -0.140. The van der Waals surface area contributed by atoms with E-state index in [9.17, 15) is 4.79 Å². The summed E-state index contributed by atoms with van der Waals surface area (Å²) in [5.41, 5.74) is 0.720. The molecule has 1 aromatic carbocycles. The molecule has 0 aromatic heterocycles. The zero-order valence-corrected chi connectivity index (χ0v) is 14.9. The molecule has 0 spiro atoms. The lowest BCUT2D eigenvalue weighted by Crippen LogP contribution is -2.48. The number of rotatable bonds is 2. The van der Waals surface area contributed by atoms with Gasteiger partial charge in [0, 0.05) is 20.6 Å². The van der Waals surface area contributed by atoms with E-state index in [4.69, 9.17) is 0 Å². The molecule has 2 rings (SSSR count). The predicted molar refractivity (Wildman–Crippen MR) is 89.4 cm³/mol. The molecule has 0 bridgehead atoms. The second-order valence-corrected chi connectivity index (χ2v) is 7.33. The van der Waals surface area contributed by atoms with Crippen molar-refractivity contribution in [3.63, 3.8) is 0 Å². The molecule has 0 aliphatic carbocycles. The second kappa shape index (κ2) is 6.54. The summed E-state index contributed by atoms with van der Waals surface area (Å²) >= 11 is 5.67. The number of halogens is 2. The molecule has 1 aliphatic rings. The number of carbonyl (C=O) groups is 1. The van der Waals surface area contributed by atoms with E-state index in [0.717, 1.165) is 33.1 Å². The number of benzene rings is 1. The van der Waals surface area contributed by atoms with Crippen LogP contribution in [0.2, 0.25) is 0 Å². The highest BCUT2D eigenvalue weighted by atomic mass is 127. The van der Waals surface area contributed by atoms with Crippen LogP contribution in [0.3, 0.4) is 0 Å². The smallest absolute Gasteiger partial charge is 0.252 e. The van der Waals surface area contributed by atoms with Crippen LogP contribution in [0.15, 0.2) is 22.7 Å². The van der Waals surface area contributed by atoms with Crippen molar-refractivity contribution < 1.29 is 4.79 Å². The monoisotopic (exact) mass is 436 g/mol. The van der Waals surface area contributed by atoms with Crippen LogP contribution in [-0.4, -0.2) is 37.0 Å². The number of nitrogens with one attached hydrogen (secondary N) is 1. The fourth-order valence-electron chi connectivity index (χ4n) is 2.49. The lowest BCUT2D eigenvalue weighted by Gasteiger charge is -2.35. The van der Waals surface area contributed by atoms with Crippen molar-refractivity contribution in [1.82, 2.24) is 10.2 Å². The summed E-state index contributed by atoms with van der Waals surface area (Å²) in [5.74, 6) is 0.510. The molecule has 3 nitrogen and oxygen atoms in total. The van der Waals surface area contributed by atoms with Crippen molar-refractivity contribution in [3.8, 4) is 0 Å². The van der Waals surface area contributed by atoms with Gasteiger partial charge in [0.15, 0.2) is 0 Å².